The molecule has 0 aliphatic carbocycles. The zero-order chi connectivity index (χ0) is 14.0. The third kappa shape index (κ3) is 12.1. The van der Waals surface area contributed by atoms with Crippen LogP contribution in [-0.4, -0.2) is 5.78 Å². The van der Waals surface area contributed by atoms with Gasteiger partial charge in [-0.1, -0.05) is 66.2 Å². The third-order valence-corrected chi connectivity index (χ3v) is 3.86. The molecule has 0 N–H and O–H groups in total. The van der Waals surface area contributed by atoms with Gasteiger partial charge in [0.15, 0.2) is 0 Å². The number of hydrogen-bond donors (Lipinski definition) is 0. The van der Waals surface area contributed by atoms with Crippen LogP contribution in [0.5, 0.6) is 0 Å². The fourth-order valence-corrected chi connectivity index (χ4v) is 2.42. The van der Waals surface area contributed by atoms with E-state index in [1.807, 2.05) is 0 Å². The van der Waals surface area contributed by atoms with Gasteiger partial charge in [0, 0.05) is 6.42 Å². The van der Waals surface area contributed by atoms with E-state index in [-0.39, 0.29) is 0 Å². The Kier molecular flexibility index (Phi) is 10.4. The Hall–Kier alpha value is -0.330. The molecule has 0 aromatic carbocycles. The largest absolute Gasteiger partial charge is 0.300 e. The first kappa shape index (κ1) is 17.7. The minimum Gasteiger partial charge on any atom is -0.300 e. The van der Waals surface area contributed by atoms with E-state index in [9.17, 15) is 4.79 Å². The Morgan fingerprint density at radius 1 is 0.778 bits per heavy atom. The Morgan fingerprint density at radius 3 is 1.78 bits per heavy atom. The highest BCUT2D eigenvalue weighted by Crippen LogP contribution is 2.21. The molecule has 0 radical (unpaired) electrons. The number of carbonyl (C=O) groups is 1. The Bertz CT molecular complexity index is 208. The van der Waals surface area contributed by atoms with Crippen molar-refractivity contribution in [1.82, 2.24) is 0 Å². The summed E-state index contributed by atoms with van der Waals surface area (Å²) >= 11 is 0. The monoisotopic (exact) mass is 254 g/mol. The molecule has 0 aliphatic rings. The normalized spacial score (nSPS) is 14.8. The lowest BCUT2D eigenvalue weighted by atomic mass is 9.91. The van der Waals surface area contributed by atoms with E-state index in [1.54, 1.807) is 6.92 Å². The van der Waals surface area contributed by atoms with Crippen LogP contribution < -0.4 is 0 Å². The van der Waals surface area contributed by atoms with Crippen molar-refractivity contribution in [3.63, 3.8) is 0 Å². The van der Waals surface area contributed by atoms with E-state index < -0.39 is 0 Å². The summed E-state index contributed by atoms with van der Waals surface area (Å²) in [4.78, 5) is 10.9. The molecular formula is C17H34O. The van der Waals surface area contributed by atoms with Crippen molar-refractivity contribution in [2.24, 2.45) is 17.8 Å². The SMILES string of the molecule is CC(=O)CCC[C@@H](C)CCC[C@@H](C)CCC(C)C. The summed E-state index contributed by atoms with van der Waals surface area (Å²) in [7, 11) is 0. The van der Waals surface area contributed by atoms with Crippen molar-refractivity contribution in [2.75, 3.05) is 0 Å². The molecule has 0 spiro atoms. The van der Waals surface area contributed by atoms with E-state index in [4.69, 9.17) is 0 Å². The van der Waals surface area contributed by atoms with Gasteiger partial charge in [-0.3, -0.25) is 0 Å². The lowest BCUT2D eigenvalue weighted by Gasteiger charge is -2.15. The number of Topliss-reactive ketones (excluding diaryl/α,β-unsaturated/α-hetero) is 1. The molecule has 108 valence electrons. The summed E-state index contributed by atoms with van der Waals surface area (Å²) < 4.78 is 0. The molecule has 0 unspecified atom stereocenters. The van der Waals surface area contributed by atoms with Crippen molar-refractivity contribution < 1.29 is 4.79 Å². The van der Waals surface area contributed by atoms with E-state index in [0.29, 0.717) is 5.78 Å². The molecule has 0 saturated carbocycles. The van der Waals surface area contributed by atoms with E-state index in [2.05, 4.69) is 27.7 Å². The van der Waals surface area contributed by atoms with E-state index >= 15 is 0 Å². The summed E-state index contributed by atoms with van der Waals surface area (Å²) in [6.45, 7) is 11.0. The Balaban J connectivity index is 3.43. The quantitative estimate of drug-likeness (QED) is 0.467. The summed E-state index contributed by atoms with van der Waals surface area (Å²) in [6.07, 6.45) is 9.91. The van der Waals surface area contributed by atoms with Crippen LogP contribution in [-0.2, 0) is 4.79 Å². The van der Waals surface area contributed by atoms with Gasteiger partial charge < -0.3 is 4.79 Å². The second-order valence-electron chi connectivity index (χ2n) is 6.71. The lowest BCUT2D eigenvalue weighted by Crippen LogP contribution is -2.01. The van der Waals surface area contributed by atoms with Crippen molar-refractivity contribution in [1.29, 1.82) is 0 Å². The molecule has 0 fully saturated rings. The van der Waals surface area contributed by atoms with Gasteiger partial charge in [-0.25, -0.2) is 0 Å². The summed E-state index contributed by atoms with van der Waals surface area (Å²) in [6, 6.07) is 0. The molecule has 0 rings (SSSR count). The zero-order valence-corrected chi connectivity index (χ0v) is 13.3. The predicted molar refractivity (Wildman–Crippen MR) is 80.8 cm³/mol. The number of carbonyl (C=O) groups excluding carboxylic acids is 1. The first-order valence-corrected chi connectivity index (χ1v) is 7.91. The molecule has 0 aromatic rings. The minimum atomic E-state index is 0.338. The Morgan fingerprint density at radius 2 is 1.28 bits per heavy atom. The predicted octanol–water partition coefficient (Wildman–Crippen LogP) is 5.62. The van der Waals surface area contributed by atoms with Gasteiger partial charge in [-0.05, 0) is 31.1 Å². The van der Waals surface area contributed by atoms with Gasteiger partial charge in [0.2, 0.25) is 0 Å². The molecular weight excluding hydrogens is 220 g/mol. The first-order valence-electron chi connectivity index (χ1n) is 7.91. The van der Waals surface area contributed by atoms with Crippen LogP contribution in [0.25, 0.3) is 0 Å². The molecule has 1 heteroatoms. The fourth-order valence-electron chi connectivity index (χ4n) is 2.42. The highest BCUT2D eigenvalue weighted by molar-refractivity contribution is 5.75. The van der Waals surface area contributed by atoms with Gasteiger partial charge in [0.05, 0.1) is 0 Å². The number of hydrogen-bond acceptors (Lipinski definition) is 1. The van der Waals surface area contributed by atoms with Crippen LogP contribution in [0.2, 0.25) is 0 Å². The van der Waals surface area contributed by atoms with Crippen LogP contribution in [0, 0.1) is 17.8 Å². The summed E-state index contributed by atoms with van der Waals surface area (Å²) in [5, 5.41) is 0. The van der Waals surface area contributed by atoms with E-state index in [0.717, 1.165) is 30.6 Å². The molecule has 18 heavy (non-hydrogen) atoms. The summed E-state index contributed by atoms with van der Waals surface area (Å²) in [5.74, 6) is 2.86. The number of ketones is 1. The van der Waals surface area contributed by atoms with Crippen molar-refractivity contribution in [2.45, 2.75) is 86.0 Å². The van der Waals surface area contributed by atoms with Crippen molar-refractivity contribution in [3.05, 3.63) is 0 Å². The van der Waals surface area contributed by atoms with Crippen LogP contribution >= 0.6 is 0 Å². The maximum absolute atomic E-state index is 10.9. The molecule has 0 amide bonds. The highest BCUT2D eigenvalue weighted by Gasteiger charge is 2.07. The second-order valence-corrected chi connectivity index (χ2v) is 6.71. The fraction of sp³-hybridized carbons (Fsp3) is 0.941. The topological polar surface area (TPSA) is 17.1 Å². The molecule has 2 atom stereocenters. The summed E-state index contributed by atoms with van der Waals surface area (Å²) in [5.41, 5.74) is 0. The van der Waals surface area contributed by atoms with Crippen molar-refractivity contribution >= 4 is 5.78 Å². The molecule has 0 aromatic heterocycles. The van der Waals surface area contributed by atoms with Gasteiger partial charge in [0.25, 0.3) is 0 Å². The number of rotatable bonds is 11. The van der Waals surface area contributed by atoms with Gasteiger partial charge >= 0.3 is 0 Å². The van der Waals surface area contributed by atoms with Gasteiger partial charge in [-0.2, -0.15) is 0 Å². The molecule has 0 aliphatic heterocycles. The smallest absolute Gasteiger partial charge is 0.129 e. The molecule has 1 nitrogen and oxygen atoms in total. The lowest BCUT2D eigenvalue weighted by molar-refractivity contribution is -0.117. The van der Waals surface area contributed by atoms with Crippen molar-refractivity contribution in [3.8, 4) is 0 Å². The minimum absolute atomic E-state index is 0.338. The van der Waals surface area contributed by atoms with Gasteiger partial charge in [0.1, 0.15) is 5.78 Å². The molecule has 0 bridgehead atoms. The van der Waals surface area contributed by atoms with Crippen LogP contribution in [0.3, 0.4) is 0 Å². The average molecular weight is 254 g/mol. The zero-order valence-electron chi connectivity index (χ0n) is 13.3. The Labute approximate surface area is 115 Å². The van der Waals surface area contributed by atoms with Gasteiger partial charge in [-0.15, -0.1) is 0 Å². The highest BCUT2D eigenvalue weighted by atomic mass is 16.1. The average Bonchev–Trinajstić information content (AvgIpc) is 2.25. The van der Waals surface area contributed by atoms with E-state index in [1.165, 1.54) is 38.5 Å². The van der Waals surface area contributed by atoms with Crippen LogP contribution in [0.1, 0.15) is 86.0 Å². The standard InChI is InChI=1S/C17H34O/c1-14(2)12-13-16(4)9-6-8-15(3)10-7-11-17(5)18/h14-16H,6-13H2,1-5H3/t15-,16+/m0/s1. The maximum atomic E-state index is 10.9. The van der Waals surface area contributed by atoms with Crippen LogP contribution in [0.4, 0.5) is 0 Å². The second kappa shape index (κ2) is 10.6. The molecule has 0 heterocycles. The maximum Gasteiger partial charge on any atom is 0.129 e. The third-order valence-electron chi connectivity index (χ3n) is 3.86. The first-order chi connectivity index (χ1) is 8.41. The molecule has 0 saturated heterocycles. The van der Waals surface area contributed by atoms with Crippen LogP contribution in [0.15, 0.2) is 0 Å².